The second kappa shape index (κ2) is 7.15. The van der Waals surface area contributed by atoms with E-state index in [1.54, 1.807) is 4.90 Å². The molecule has 2 N–H and O–H groups in total. The summed E-state index contributed by atoms with van der Waals surface area (Å²) in [6, 6.07) is 3.91. The van der Waals surface area contributed by atoms with Crippen LogP contribution in [0, 0.1) is 6.92 Å². The zero-order valence-electron chi connectivity index (χ0n) is 15.4. The molecule has 1 aromatic rings. The summed E-state index contributed by atoms with van der Waals surface area (Å²) in [4.78, 5) is 13.7. The lowest BCUT2D eigenvalue weighted by Gasteiger charge is -2.39. The molecule has 0 spiro atoms. The fourth-order valence-corrected chi connectivity index (χ4v) is 2.74. The fourth-order valence-electron chi connectivity index (χ4n) is 2.74. The highest BCUT2D eigenvalue weighted by Gasteiger charge is 2.35. The number of carbonyl (C=O) groups excluding carboxylic acids is 1. The van der Waals surface area contributed by atoms with Crippen LogP contribution >= 0.6 is 0 Å². The van der Waals surface area contributed by atoms with Crippen LogP contribution in [0.4, 0.5) is 4.79 Å². The Morgan fingerprint density at radius 3 is 2.54 bits per heavy atom. The van der Waals surface area contributed by atoms with Gasteiger partial charge in [-0.05, 0) is 59.6 Å². The van der Waals surface area contributed by atoms with E-state index in [1.165, 1.54) is 0 Å². The van der Waals surface area contributed by atoms with Gasteiger partial charge in [-0.3, -0.25) is 0 Å². The maximum Gasteiger partial charge on any atom is 0.410 e. The third-order valence-electron chi connectivity index (χ3n) is 4.27. The van der Waals surface area contributed by atoms with Crippen molar-refractivity contribution in [3.05, 3.63) is 23.7 Å². The molecule has 6 nitrogen and oxygen atoms in total. The van der Waals surface area contributed by atoms with Crippen LogP contribution < -0.4 is 5.32 Å². The number of ether oxygens (including phenoxy) is 1. The highest BCUT2D eigenvalue weighted by Crippen LogP contribution is 2.24. The summed E-state index contributed by atoms with van der Waals surface area (Å²) in [5.41, 5.74) is -1.31. The number of aliphatic hydroxyl groups is 1. The standard InChI is InChI=1S/C18H30N2O4/c1-13-6-7-15(23-13)14(2)19-12-18(22)8-10-20(11-9-18)16(21)24-17(3,4)5/h6-7,14,19,22H,8-12H2,1-5H3. The van der Waals surface area contributed by atoms with Crippen molar-refractivity contribution < 1.29 is 19.1 Å². The molecule has 6 heteroatoms. The number of furan rings is 1. The van der Waals surface area contributed by atoms with Gasteiger partial charge in [0, 0.05) is 19.6 Å². The van der Waals surface area contributed by atoms with E-state index >= 15 is 0 Å². The van der Waals surface area contributed by atoms with E-state index in [0.29, 0.717) is 32.5 Å². The molecule has 1 unspecified atom stereocenters. The second-order valence-corrected chi connectivity index (χ2v) is 7.74. The third kappa shape index (κ3) is 5.24. The van der Waals surface area contributed by atoms with Gasteiger partial charge in [-0.25, -0.2) is 4.79 Å². The molecule has 1 atom stereocenters. The number of likely N-dealkylation sites (tertiary alicyclic amines) is 1. The van der Waals surface area contributed by atoms with Gasteiger partial charge in [0.15, 0.2) is 0 Å². The van der Waals surface area contributed by atoms with Crippen molar-refractivity contribution in [3.63, 3.8) is 0 Å². The van der Waals surface area contributed by atoms with E-state index in [4.69, 9.17) is 9.15 Å². The molecule has 0 bridgehead atoms. The quantitative estimate of drug-likeness (QED) is 0.883. The van der Waals surface area contributed by atoms with Crippen molar-refractivity contribution in [2.24, 2.45) is 0 Å². The lowest BCUT2D eigenvalue weighted by molar-refractivity contribution is -0.0322. The first-order chi connectivity index (χ1) is 11.1. The molecule has 1 aliphatic rings. The largest absolute Gasteiger partial charge is 0.465 e. The average Bonchev–Trinajstić information content (AvgIpc) is 2.90. The molecule has 1 amide bonds. The van der Waals surface area contributed by atoms with Gasteiger partial charge in [0.1, 0.15) is 17.1 Å². The molecule has 0 aliphatic carbocycles. The SMILES string of the molecule is Cc1ccc(C(C)NCC2(O)CCN(C(=O)OC(C)(C)C)CC2)o1. The molecule has 0 saturated carbocycles. The third-order valence-corrected chi connectivity index (χ3v) is 4.27. The van der Waals surface area contributed by atoms with Crippen LogP contribution in [-0.2, 0) is 4.74 Å². The minimum atomic E-state index is -0.811. The Kier molecular flexibility index (Phi) is 5.60. The van der Waals surface area contributed by atoms with E-state index < -0.39 is 11.2 Å². The lowest BCUT2D eigenvalue weighted by atomic mass is 9.91. The molecule has 1 aromatic heterocycles. The van der Waals surface area contributed by atoms with E-state index in [1.807, 2.05) is 46.8 Å². The number of aryl methyl sites for hydroxylation is 1. The Hall–Kier alpha value is -1.53. The van der Waals surface area contributed by atoms with Crippen molar-refractivity contribution in [1.82, 2.24) is 10.2 Å². The molecule has 24 heavy (non-hydrogen) atoms. The maximum atomic E-state index is 12.1. The molecule has 136 valence electrons. The van der Waals surface area contributed by atoms with Crippen LogP contribution in [0.15, 0.2) is 16.5 Å². The van der Waals surface area contributed by atoms with E-state index in [0.717, 1.165) is 11.5 Å². The van der Waals surface area contributed by atoms with Crippen LogP contribution in [0.3, 0.4) is 0 Å². The number of rotatable bonds is 4. The van der Waals surface area contributed by atoms with Gasteiger partial charge in [0.25, 0.3) is 0 Å². The van der Waals surface area contributed by atoms with Crippen LogP contribution in [0.2, 0.25) is 0 Å². The Bertz CT molecular complexity index is 554. The van der Waals surface area contributed by atoms with Crippen LogP contribution in [0.25, 0.3) is 0 Å². The predicted molar refractivity (Wildman–Crippen MR) is 91.9 cm³/mol. The highest BCUT2D eigenvalue weighted by atomic mass is 16.6. The van der Waals surface area contributed by atoms with Crippen LogP contribution in [0.5, 0.6) is 0 Å². The normalized spacial score (nSPS) is 19.2. The predicted octanol–water partition coefficient (Wildman–Crippen LogP) is 3.00. The van der Waals surface area contributed by atoms with Gasteiger partial charge in [0.05, 0.1) is 11.6 Å². The average molecular weight is 338 g/mol. The smallest absolute Gasteiger partial charge is 0.410 e. The molecular weight excluding hydrogens is 308 g/mol. The summed E-state index contributed by atoms with van der Waals surface area (Å²) in [5, 5.41) is 14.1. The summed E-state index contributed by atoms with van der Waals surface area (Å²) in [5.74, 6) is 1.74. The van der Waals surface area contributed by atoms with Gasteiger partial charge in [-0.2, -0.15) is 0 Å². The first-order valence-corrected chi connectivity index (χ1v) is 8.58. The number of hydrogen-bond donors (Lipinski definition) is 2. The number of hydrogen-bond acceptors (Lipinski definition) is 5. The molecule has 1 saturated heterocycles. The summed E-state index contributed by atoms with van der Waals surface area (Å²) < 4.78 is 11.0. The highest BCUT2D eigenvalue weighted by molar-refractivity contribution is 5.68. The van der Waals surface area contributed by atoms with Crippen LogP contribution in [-0.4, -0.2) is 46.9 Å². The van der Waals surface area contributed by atoms with E-state index in [-0.39, 0.29) is 12.1 Å². The molecule has 2 heterocycles. The fraction of sp³-hybridized carbons (Fsp3) is 0.722. The molecular formula is C18H30N2O4. The minimum Gasteiger partial charge on any atom is -0.465 e. The Morgan fingerprint density at radius 2 is 2.04 bits per heavy atom. The van der Waals surface area contributed by atoms with E-state index in [9.17, 15) is 9.90 Å². The topological polar surface area (TPSA) is 74.9 Å². The first kappa shape index (κ1) is 18.8. The molecule has 0 radical (unpaired) electrons. The van der Waals surface area contributed by atoms with Crippen molar-refractivity contribution in [3.8, 4) is 0 Å². The molecule has 1 aliphatic heterocycles. The molecule has 2 rings (SSSR count). The molecule has 0 aromatic carbocycles. The number of amides is 1. The van der Waals surface area contributed by atoms with Gasteiger partial charge in [-0.15, -0.1) is 0 Å². The number of nitrogens with one attached hydrogen (secondary N) is 1. The minimum absolute atomic E-state index is 0.0339. The maximum absolute atomic E-state index is 12.1. The van der Waals surface area contributed by atoms with Crippen molar-refractivity contribution >= 4 is 6.09 Å². The lowest BCUT2D eigenvalue weighted by Crippen LogP contribution is -2.52. The zero-order chi connectivity index (χ0) is 18.0. The van der Waals surface area contributed by atoms with E-state index in [2.05, 4.69) is 5.32 Å². The Labute approximate surface area is 144 Å². The Morgan fingerprint density at radius 1 is 1.42 bits per heavy atom. The van der Waals surface area contributed by atoms with Crippen LogP contribution in [0.1, 0.15) is 58.1 Å². The monoisotopic (exact) mass is 338 g/mol. The van der Waals surface area contributed by atoms with Crippen molar-refractivity contribution in [2.75, 3.05) is 19.6 Å². The molecule has 1 fully saturated rings. The summed E-state index contributed by atoms with van der Waals surface area (Å²) in [6.07, 6.45) is 0.753. The summed E-state index contributed by atoms with van der Waals surface area (Å²) >= 11 is 0. The van der Waals surface area contributed by atoms with Gasteiger partial charge in [-0.1, -0.05) is 0 Å². The summed E-state index contributed by atoms with van der Waals surface area (Å²) in [7, 11) is 0. The first-order valence-electron chi connectivity index (χ1n) is 8.58. The number of nitrogens with zero attached hydrogens (tertiary/aromatic N) is 1. The number of carbonyl (C=O) groups is 1. The van der Waals surface area contributed by atoms with Crippen molar-refractivity contribution in [2.45, 2.75) is 64.7 Å². The van der Waals surface area contributed by atoms with Gasteiger partial charge < -0.3 is 24.5 Å². The van der Waals surface area contributed by atoms with Crippen molar-refractivity contribution in [1.29, 1.82) is 0 Å². The number of piperidine rings is 1. The zero-order valence-corrected chi connectivity index (χ0v) is 15.4. The second-order valence-electron chi connectivity index (χ2n) is 7.74. The Balaban J connectivity index is 1.80. The van der Waals surface area contributed by atoms with Gasteiger partial charge in [0.2, 0.25) is 0 Å². The summed E-state index contributed by atoms with van der Waals surface area (Å²) in [6.45, 7) is 11.0. The van der Waals surface area contributed by atoms with Gasteiger partial charge >= 0.3 is 6.09 Å².